The van der Waals surface area contributed by atoms with Crippen molar-refractivity contribution in [2.45, 2.75) is 26.3 Å². The highest BCUT2D eigenvalue weighted by Gasteiger charge is 2.17. The van der Waals surface area contributed by atoms with E-state index in [2.05, 4.69) is 4.72 Å². The normalized spacial score (nSPS) is 15.8. The summed E-state index contributed by atoms with van der Waals surface area (Å²) in [5, 5.41) is 0. The minimum atomic E-state index is -3.06. The summed E-state index contributed by atoms with van der Waals surface area (Å²) in [7, 11) is 2.04. The molecule has 0 aromatic rings. The molecule has 0 aliphatic rings. The summed E-state index contributed by atoms with van der Waals surface area (Å²) in [5.74, 6) is 0. The summed E-state index contributed by atoms with van der Waals surface area (Å²) in [5.41, 5.74) is -0.361. The predicted octanol–water partition coefficient (Wildman–Crippen LogP) is 2.19. The van der Waals surface area contributed by atoms with Crippen LogP contribution in [0.15, 0.2) is 0 Å². The van der Waals surface area contributed by atoms with E-state index in [-0.39, 0.29) is 5.54 Å². The predicted molar refractivity (Wildman–Crippen MR) is 41.6 cm³/mol. The van der Waals surface area contributed by atoms with Gasteiger partial charge in [-0.05, 0) is 20.8 Å². The van der Waals surface area contributed by atoms with E-state index in [1.165, 1.54) is 0 Å². The van der Waals surface area contributed by atoms with Gasteiger partial charge < -0.3 is 0 Å². The SMILES string of the molecule is CC(C)(C)NS(O)(O)Cl. The van der Waals surface area contributed by atoms with Gasteiger partial charge in [-0.25, -0.2) is 0 Å². The third-order valence-corrected chi connectivity index (χ3v) is 1.54. The zero-order chi connectivity index (χ0) is 7.71. The summed E-state index contributed by atoms with van der Waals surface area (Å²) in [6, 6.07) is 0. The maximum absolute atomic E-state index is 8.65. The Morgan fingerprint density at radius 3 is 1.67 bits per heavy atom. The molecule has 0 spiro atoms. The minimum Gasteiger partial charge on any atom is -0.272 e. The van der Waals surface area contributed by atoms with Gasteiger partial charge >= 0.3 is 0 Å². The van der Waals surface area contributed by atoms with Crippen molar-refractivity contribution in [3.8, 4) is 0 Å². The second-order valence-corrected chi connectivity index (χ2v) is 5.29. The van der Waals surface area contributed by atoms with E-state index >= 15 is 0 Å². The Kier molecular flexibility index (Phi) is 2.79. The number of nitrogens with one attached hydrogen (secondary N) is 1. The molecule has 0 atom stereocenters. The second kappa shape index (κ2) is 2.64. The Labute approximate surface area is 61.4 Å². The first kappa shape index (κ1) is 9.52. The van der Waals surface area contributed by atoms with Crippen LogP contribution in [0, 0.1) is 0 Å². The highest BCUT2D eigenvalue weighted by molar-refractivity contribution is 8.41. The van der Waals surface area contributed by atoms with Crippen LogP contribution in [0.5, 0.6) is 0 Å². The van der Waals surface area contributed by atoms with Crippen LogP contribution < -0.4 is 4.72 Å². The summed E-state index contributed by atoms with van der Waals surface area (Å²) < 4.78 is 19.7. The largest absolute Gasteiger partial charge is 0.272 e. The molecule has 3 nitrogen and oxygen atoms in total. The number of hydrogen-bond acceptors (Lipinski definition) is 3. The summed E-state index contributed by atoms with van der Waals surface area (Å²) >= 11 is 0. The van der Waals surface area contributed by atoms with Crippen LogP contribution in [0.25, 0.3) is 0 Å². The third-order valence-electron chi connectivity index (χ3n) is 0.436. The molecule has 0 bridgehead atoms. The van der Waals surface area contributed by atoms with Crippen LogP contribution in [0.4, 0.5) is 0 Å². The Morgan fingerprint density at radius 2 is 1.67 bits per heavy atom. The average Bonchev–Trinajstić information content (AvgIpc) is 1.14. The highest BCUT2D eigenvalue weighted by atomic mass is 35.7. The van der Waals surface area contributed by atoms with E-state index in [0.717, 1.165) is 0 Å². The molecule has 58 valence electrons. The van der Waals surface area contributed by atoms with Crippen molar-refractivity contribution >= 4 is 20.7 Å². The lowest BCUT2D eigenvalue weighted by molar-refractivity contribution is 0.438. The second-order valence-electron chi connectivity index (χ2n) is 2.83. The van der Waals surface area contributed by atoms with Crippen molar-refractivity contribution < 1.29 is 9.11 Å². The summed E-state index contributed by atoms with van der Waals surface area (Å²) in [4.78, 5) is 0. The molecule has 0 radical (unpaired) electrons. The van der Waals surface area contributed by atoms with Gasteiger partial charge in [0.05, 0.1) is 0 Å². The lowest BCUT2D eigenvalue weighted by Gasteiger charge is -2.32. The molecule has 9 heavy (non-hydrogen) atoms. The van der Waals surface area contributed by atoms with Gasteiger partial charge in [0.1, 0.15) is 0 Å². The van der Waals surface area contributed by atoms with Gasteiger partial charge in [0.25, 0.3) is 0 Å². The molecule has 0 unspecified atom stereocenters. The molecule has 0 aliphatic heterocycles. The van der Waals surface area contributed by atoms with E-state index < -0.39 is 9.99 Å². The van der Waals surface area contributed by atoms with Crippen LogP contribution in [0.2, 0.25) is 0 Å². The van der Waals surface area contributed by atoms with Crippen molar-refractivity contribution in [2.24, 2.45) is 0 Å². The van der Waals surface area contributed by atoms with Gasteiger partial charge in [0.2, 0.25) is 0 Å². The topological polar surface area (TPSA) is 52.5 Å². The fourth-order valence-corrected chi connectivity index (χ4v) is 1.86. The first-order valence-electron chi connectivity index (χ1n) is 2.47. The molecule has 5 heteroatoms. The minimum absolute atomic E-state index is 0.361. The lowest BCUT2D eigenvalue weighted by Crippen LogP contribution is -2.35. The van der Waals surface area contributed by atoms with Crippen LogP contribution in [0.1, 0.15) is 20.8 Å². The van der Waals surface area contributed by atoms with Crippen molar-refractivity contribution in [3.05, 3.63) is 0 Å². The van der Waals surface area contributed by atoms with Gasteiger partial charge in [-0.3, -0.25) is 9.11 Å². The van der Waals surface area contributed by atoms with Gasteiger partial charge in [-0.15, -0.1) is 0 Å². The molecule has 0 heterocycles. The monoisotopic (exact) mass is 173 g/mol. The Balaban J connectivity index is 3.75. The first-order chi connectivity index (χ1) is 3.71. The molecule has 0 fully saturated rings. The van der Waals surface area contributed by atoms with Gasteiger partial charge in [0, 0.05) is 16.2 Å². The van der Waals surface area contributed by atoms with Gasteiger partial charge in [-0.2, -0.15) is 4.72 Å². The molecule has 0 aliphatic carbocycles. The van der Waals surface area contributed by atoms with E-state index in [4.69, 9.17) is 19.8 Å². The van der Waals surface area contributed by atoms with Crippen LogP contribution in [-0.4, -0.2) is 14.6 Å². The maximum Gasteiger partial charge on any atom is 0.0424 e. The molecule has 0 amide bonds. The van der Waals surface area contributed by atoms with E-state index in [1.54, 1.807) is 20.8 Å². The molecule has 0 saturated carbocycles. The average molecular weight is 174 g/mol. The molecular weight excluding hydrogens is 162 g/mol. The van der Waals surface area contributed by atoms with Crippen LogP contribution in [-0.2, 0) is 0 Å². The Morgan fingerprint density at radius 1 is 1.33 bits per heavy atom. The first-order valence-corrected chi connectivity index (χ1v) is 4.85. The van der Waals surface area contributed by atoms with Crippen molar-refractivity contribution in [2.75, 3.05) is 0 Å². The quantitative estimate of drug-likeness (QED) is 0.570. The van der Waals surface area contributed by atoms with Gasteiger partial charge in [0.15, 0.2) is 0 Å². The molecule has 0 rings (SSSR count). The lowest BCUT2D eigenvalue weighted by atomic mass is 10.1. The fourth-order valence-electron chi connectivity index (χ4n) is 0.390. The molecule has 0 aromatic carbocycles. The summed E-state index contributed by atoms with van der Waals surface area (Å²) in [6.07, 6.45) is 0. The highest BCUT2D eigenvalue weighted by Crippen LogP contribution is 2.41. The van der Waals surface area contributed by atoms with Crippen molar-refractivity contribution in [1.82, 2.24) is 4.72 Å². The van der Waals surface area contributed by atoms with Crippen molar-refractivity contribution in [3.63, 3.8) is 0 Å². The fraction of sp³-hybridized carbons (Fsp3) is 1.00. The molecular formula is C4H12ClNO2S. The zero-order valence-corrected chi connectivity index (χ0v) is 7.25. The standard InChI is InChI=1S/C4H12ClNO2S/c1-4(2,3)6-9(5,7)8/h6-8H,1-3H3. The molecule has 0 aromatic heterocycles. The third kappa shape index (κ3) is 8.52. The Hall–Kier alpha value is 0.520. The van der Waals surface area contributed by atoms with Crippen LogP contribution in [0.3, 0.4) is 0 Å². The smallest absolute Gasteiger partial charge is 0.0424 e. The maximum atomic E-state index is 8.65. The molecule has 0 saturated heterocycles. The summed E-state index contributed by atoms with van der Waals surface area (Å²) in [6.45, 7) is 5.39. The van der Waals surface area contributed by atoms with Gasteiger partial charge in [-0.1, -0.05) is 9.99 Å². The van der Waals surface area contributed by atoms with E-state index in [1.807, 2.05) is 0 Å². The number of rotatable bonds is 1. The number of halogens is 1. The van der Waals surface area contributed by atoms with Crippen molar-refractivity contribution in [1.29, 1.82) is 0 Å². The van der Waals surface area contributed by atoms with Crippen LogP contribution >= 0.6 is 20.7 Å². The Bertz CT molecular complexity index is 83.7. The number of hydrogen-bond donors (Lipinski definition) is 3. The van der Waals surface area contributed by atoms with E-state index in [0.29, 0.717) is 0 Å². The zero-order valence-electron chi connectivity index (χ0n) is 5.68. The molecule has 3 N–H and O–H groups in total. The van der Waals surface area contributed by atoms with E-state index in [9.17, 15) is 0 Å².